The zero-order valence-corrected chi connectivity index (χ0v) is 12.4. The molecule has 0 bridgehead atoms. The molecule has 0 radical (unpaired) electrons. The molecule has 0 aromatic heterocycles. The predicted molar refractivity (Wildman–Crippen MR) is 78.3 cm³/mol. The van der Waals surface area contributed by atoms with Gasteiger partial charge in [0, 0.05) is 24.7 Å². The first-order chi connectivity index (χ1) is 10.6. The summed E-state index contributed by atoms with van der Waals surface area (Å²) in [5.74, 6) is -0.277. The van der Waals surface area contributed by atoms with E-state index in [0.717, 1.165) is 5.56 Å². The summed E-state index contributed by atoms with van der Waals surface area (Å²) in [6, 6.07) is 7.34. The van der Waals surface area contributed by atoms with Gasteiger partial charge in [0.05, 0.1) is 0 Å². The Balaban J connectivity index is 1.65. The third-order valence-corrected chi connectivity index (χ3v) is 4.28. The Labute approximate surface area is 128 Å². The fourth-order valence-electron chi connectivity index (χ4n) is 3.03. The van der Waals surface area contributed by atoms with Crippen molar-refractivity contribution >= 4 is 17.9 Å². The smallest absolute Gasteiger partial charge is 0.417 e. The molecule has 0 unspecified atom stereocenters. The van der Waals surface area contributed by atoms with E-state index in [-0.39, 0.29) is 24.5 Å². The summed E-state index contributed by atoms with van der Waals surface area (Å²) in [4.78, 5) is 38.8. The lowest BCUT2D eigenvalue weighted by molar-refractivity contribution is -0.127. The average molecular weight is 302 g/mol. The number of ether oxygens (including phenoxy) is 1. The van der Waals surface area contributed by atoms with Crippen LogP contribution in [0.3, 0.4) is 0 Å². The maximum absolute atomic E-state index is 12.5. The standard InChI is InChI=1S/C16H18N2O4/c1-11-4-2-3-5-13(11)15(20)17-8-6-12(7-9-17)18-14(19)10-22-16(18)21/h2-5,12H,6-10H2,1H3. The van der Waals surface area contributed by atoms with Crippen LogP contribution >= 0.6 is 0 Å². The number of hydrogen-bond acceptors (Lipinski definition) is 4. The van der Waals surface area contributed by atoms with Gasteiger partial charge in [0.2, 0.25) is 0 Å². The van der Waals surface area contributed by atoms with Crippen LogP contribution in [0.15, 0.2) is 24.3 Å². The Hall–Kier alpha value is -2.37. The van der Waals surface area contributed by atoms with Crippen LogP contribution in [-0.2, 0) is 9.53 Å². The van der Waals surface area contributed by atoms with Crippen molar-refractivity contribution in [3.05, 3.63) is 35.4 Å². The van der Waals surface area contributed by atoms with Gasteiger partial charge < -0.3 is 9.64 Å². The number of nitrogens with zero attached hydrogens (tertiary/aromatic N) is 2. The van der Waals surface area contributed by atoms with Crippen molar-refractivity contribution in [2.45, 2.75) is 25.8 Å². The summed E-state index contributed by atoms with van der Waals surface area (Å²) in [5, 5.41) is 0. The van der Waals surface area contributed by atoms with Gasteiger partial charge in [-0.3, -0.25) is 9.59 Å². The molecule has 1 aromatic carbocycles. The summed E-state index contributed by atoms with van der Waals surface area (Å²) in [6.45, 7) is 2.82. The number of hydrogen-bond donors (Lipinski definition) is 0. The summed E-state index contributed by atoms with van der Waals surface area (Å²) in [7, 11) is 0. The molecule has 0 spiro atoms. The van der Waals surface area contributed by atoms with E-state index >= 15 is 0 Å². The van der Waals surface area contributed by atoms with Crippen molar-refractivity contribution in [1.29, 1.82) is 0 Å². The van der Waals surface area contributed by atoms with Crippen LogP contribution in [0.5, 0.6) is 0 Å². The number of rotatable bonds is 2. The van der Waals surface area contributed by atoms with Crippen molar-refractivity contribution in [3.8, 4) is 0 Å². The van der Waals surface area contributed by atoms with Gasteiger partial charge in [0.15, 0.2) is 6.61 Å². The molecule has 3 amide bonds. The number of benzene rings is 1. The van der Waals surface area contributed by atoms with Gasteiger partial charge in [0.1, 0.15) is 0 Å². The molecule has 2 fully saturated rings. The number of piperidine rings is 1. The lowest BCUT2D eigenvalue weighted by Gasteiger charge is -2.34. The minimum Gasteiger partial charge on any atom is -0.439 e. The van der Waals surface area contributed by atoms with E-state index in [1.54, 1.807) is 4.90 Å². The number of aryl methyl sites for hydroxylation is 1. The van der Waals surface area contributed by atoms with Gasteiger partial charge in [-0.2, -0.15) is 0 Å². The van der Waals surface area contributed by atoms with Crippen molar-refractivity contribution in [3.63, 3.8) is 0 Å². The third-order valence-electron chi connectivity index (χ3n) is 4.28. The van der Waals surface area contributed by atoms with E-state index in [0.29, 0.717) is 31.5 Å². The van der Waals surface area contributed by atoms with Crippen LogP contribution in [0.2, 0.25) is 0 Å². The number of carbonyl (C=O) groups is 3. The van der Waals surface area contributed by atoms with Crippen molar-refractivity contribution in [1.82, 2.24) is 9.80 Å². The van der Waals surface area contributed by atoms with Crippen LogP contribution in [0.1, 0.15) is 28.8 Å². The first kappa shape index (κ1) is 14.6. The Kier molecular flexibility index (Phi) is 3.83. The van der Waals surface area contributed by atoms with Crippen LogP contribution in [0.25, 0.3) is 0 Å². The van der Waals surface area contributed by atoms with E-state index in [1.165, 1.54) is 4.90 Å². The highest BCUT2D eigenvalue weighted by Gasteiger charge is 2.39. The highest BCUT2D eigenvalue weighted by Crippen LogP contribution is 2.22. The Morgan fingerprint density at radius 2 is 1.86 bits per heavy atom. The van der Waals surface area contributed by atoms with E-state index in [2.05, 4.69) is 0 Å². The fraction of sp³-hybridized carbons (Fsp3) is 0.438. The molecule has 0 atom stereocenters. The molecule has 2 aliphatic heterocycles. The molecule has 6 heteroatoms. The Bertz CT molecular complexity index is 604. The number of cyclic esters (lactones) is 1. The molecular weight excluding hydrogens is 284 g/mol. The number of amides is 3. The van der Waals surface area contributed by atoms with Crippen LogP contribution in [0.4, 0.5) is 4.79 Å². The zero-order chi connectivity index (χ0) is 15.7. The minimum atomic E-state index is -0.561. The summed E-state index contributed by atoms with van der Waals surface area (Å²) >= 11 is 0. The number of carbonyl (C=O) groups excluding carboxylic acids is 3. The molecule has 6 nitrogen and oxygen atoms in total. The van der Waals surface area contributed by atoms with Crippen molar-refractivity contribution in [2.24, 2.45) is 0 Å². The van der Waals surface area contributed by atoms with Gasteiger partial charge in [-0.05, 0) is 31.4 Å². The maximum Gasteiger partial charge on any atom is 0.417 e. The number of likely N-dealkylation sites (tertiary alicyclic amines) is 1. The quantitative estimate of drug-likeness (QED) is 0.832. The Morgan fingerprint density at radius 3 is 2.45 bits per heavy atom. The van der Waals surface area contributed by atoms with E-state index in [1.807, 2.05) is 31.2 Å². The van der Waals surface area contributed by atoms with Gasteiger partial charge in [-0.25, -0.2) is 9.69 Å². The average Bonchev–Trinajstić information content (AvgIpc) is 2.86. The van der Waals surface area contributed by atoms with E-state index < -0.39 is 6.09 Å². The second kappa shape index (κ2) is 5.79. The third kappa shape index (κ3) is 2.56. The highest BCUT2D eigenvalue weighted by molar-refractivity contribution is 5.98. The van der Waals surface area contributed by atoms with E-state index in [9.17, 15) is 14.4 Å². The minimum absolute atomic E-state index is 0.00637. The monoisotopic (exact) mass is 302 g/mol. The van der Waals surface area contributed by atoms with Crippen molar-refractivity contribution < 1.29 is 19.1 Å². The fourth-order valence-corrected chi connectivity index (χ4v) is 3.03. The number of imide groups is 1. The molecule has 1 aromatic rings. The molecule has 0 saturated carbocycles. The second-order valence-electron chi connectivity index (χ2n) is 5.66. The zero-order valence-electron chi connectivity index (χ0n) is 12.4. The molecule has 2 heterocycles. The SMILES string of the molecule is Cc1ccccc1C(=O)N1CCC(N2C(=O)COC2=O)CC1. The normalized spacial score (nSPS) is 19.5. The lowest BCUT2D eigenvalue weighted by atomic mass is 10.0. The van der Waals surface area contributed by atoms with Gasteiger partial charge in [-0.15, -0.1) is 0 Å². The summed E-state index contributed by atoms with van der Waals surface area (Å²) < 4.78 is 4.75. The molecule has 2 saturated heterocycles. The second-order valence-corrected chi connectivity index (χ2v) is 5.66. The maximum atomic E-state index is 12.5. The molecule has 0 aliphatic carbocycles. The van der Waals surface area contributed by atoms with E-state index in [4.69, 9.17) is 4.74 Å². The molecular formula is C16H18N2O4. The van der Waals surface area contributed by atoms with Gasteiger partial charge in [-0.1, -0.05) is 18.2 Å². The van der Waals surface area contributed by atoms with Crippen LogP contribution in [-0.4, -0.2) is 53.4 Å². The molecule has 22 heavy (non-hydrogen) atoms. The van der Waals surface area contributed by atoms with Gasteiger partial charge >= 0.3 is 6.09 Å². The first-order valence-electron chi connectivity index (χ1n) is 7.41. The first-order valence-corrected chi connectivity index (χ1v) is 7.41. The Morgan fingerprint density at radius 1 is 1.18 bits per heavy atom. The summed E-state index contributed by atoms with van der Waals surface area (Å²) in [6.07, 6.45) is 0.630. The molecule has 3 rings (SSSR count). The van der Waals surface area contributed by atoms with Gasteiger partial charge in [0.25, 0.3) is 11.8 Å². The van der Waals surface area contributed by atoms with Crippen LogP contribution in [0, 0.1) is 6.92 Å². The molecule has 116 valence electrons. The highest BCUT2D eigenvalue weighted by atomic mass is 16.6. The lowest BCUT2D eigenvalue weighted by Crippen LogP contribution is -2.48. The topological polar surface area (TPSA) is 66.9 Å². The molecule has 2 aliphatic rings. The predicted octanol–water partition coefficient (Wildman–Crippen LogP) is 1.58. The van der Waals surface area contributed by atoms with Crippen molar-refractivity contribution in [2.75, 3.05) is 19.7 Å². The largest absolute Gasteiger partial charge is 0.439 e. The van der Waals surface area contributed by atoms with Crippen LogP contribution < -0.4 is 0 Å². The molecule has 0 N–H and O–H groups in total. The summed E-state index contributed by atoms with van der Waals surface area (Å²) in [5.41, 5.74) is 1.66.